The first-order valence-corrected chi connectivity index (χ1v) is 5.63. The first kappa shape index (κ1) is 12.5. The van der Waals surface area contributed by atoms with E-state index in [2.05, 4.69) is 10.1 Å². The molecule has 1 fully saturated rings. The Labute approximate surface area is 91.3 Å². The van der Waals surface area contributed by atoms with Gasteiger partial charge in [-0.05, 0) is 38.6 Å². The van der Waals surface area contributed by atoms with Crippen molar-refractivity contribution in [2.75, 3.05) is 26.9 Å². The zero-order valence-electron chi connectivity index (χ0n) is 9.62. The number of carbonyl (C=O) groups is 1. The van der Waals surface area contributed by atoms with Crippen LogP contribution in [0.25, 0.3) is 0 Å². The van der Waals surface area contributed by atoms with Gasteiger partial charge in [0.1, 0.15) is 6.04 Å². The van der Waals surface area contributed by atoms with Crippen molar-refractivity contribution in [2.45, 2.75) is 32.2 Å². The largest absolute Gasteiger partial charge is 0.468 e. The maximum atomic E-state index is 11.0. The summed E-state index contributed by atoms with van der Waals surface area (Å²) >= 11 is 0. The van der Waals surface area contributed by atoms with Crippen LogP contribution < -0.4 is 5.32 Å². The highest BCUT2D eigenvalue weighted by molar-refractivity contribution is 5.74. The van der Waals surface area contributed by atoms with Crippen LogP contribution in [-0.2, 0) is 14.3 Å². The van der Waals surface area contributed by atoms with Crippen LogP contribution >= 0.6 is 0 Å². The fraction of sp³-hybridized carbons (Fsp3) is 0.909. The minimum absolute atomic E-state index is 0.214. The third-order valence-electron chi connectivity index (χ3n) is 2.52. The van der Waals surface area contributed by atoms with Crippen molar-refractivity contribution in [3.63, 3.8) is 0 Å². The molecule has 1 unspecified atom stereocenters. The van der Waals surface area contributed by atoms with Gasteiger partial charge in [0.15, 0.2) is 0 Å². The van der Waals surface area contributed by atoms with Crippen LogP contribution in [0.4, 0.5) is 0 Å². The number of ether oxygens (including phenoxy) is 2. The van der Waals surface area contributed by atoms with Gasteiger partial charge in [-0.15, -0.1) is 0 Å². The number of rotatable bonds is 8. The number of methoxy groups -OCH3 is 1. The van der Waals surface area contributed by atoms with Crippen LogP contribution in [0, 0.1) is 5.92 Å². The lowest BCUT2D eigenvalue weighted by atomic mass is 10.3. The molecule has 1 rings (SSSR count). The summed E-state index contributed by atoms with van der Waals surface area (Å²) < 4.78 is 10.1. The minimum atomic E-state index is -0.224. The molecule has 88 valence electrons. The molecule has 1 aliphatic rings. The predicted molar refractivity (Wildman–Crippen MR) is 57.6 cm³/mol. The second-order valence-electron chi connectivity index (χ2n) is 4.07. The van der Waals surface area contributed by atoms with Crippen molar-refractivity contribution in [1.82, 2.24) is 5.32 Å². The Kier molecular flexibility index (Phi) is 5.65. The highest BCUT2D eigenvalue weighted by Crippen LogP contribution is 2.28. The minimum Gasteiger partial charge on any atom is -0.468 e. The van der Waals surface area contributed by atoms with Gasteiger partial charge >= 0.3 is 5.97 Å². The average molecular weight is 215 g/mol. The summed E-state index contributed by atoms with van der Waals surface area (Å²) in [5.74, 6) is 0.612. The average Bonchev–Trinajstić information content (AvgIpc) is 3.05. The van der Waals surface area contributed by atoms with E-state index in [0.717, 1.165) is 32.1 Å². The molecule has 0 spiro atoms. The van der Waals surface area contributed by atoms with E-state index < -0.39 is 0 Å². The summed E-state index contributed by atoms with van der Waals surface area (Å²) in [6.45, 7) is 4.28. The molecule has 0 radical (unpaired) electrons. The fourth-order valence-electron chi connectivity index (χ4n) is 1.29. The van der Waals surface area contributed by atoms with Crippen molar-refractivity contribution in [3.05, 3.63) is 0 Å². The molecule has 1 saturated carbocycles. The molecule has 1 atom stereocenters. The van der Waals surface area contributed by atoms with Gasteiger partial charge in [-0.1, -0.05) is 0 Å². The van der Waals surface area contributed by atoms with Crippen LogP contribution in [0.3, 0.4) is 0 Å². The van der Waals surface area contributed by atoms with Crippen LogP contribution in [-0.4, -0.2) is 38.9 Å². The van der Waals surface area contributed by atoms with Gasteiger partial charge in [0, 0.05) is 13.2 Å². The second kappa shape index (κ2) is 6.80. The Bertz CT molecular complexity index is 192. The molecule has 0 heterocycles. The second-order valence-corrected chi connectivity index (χ2v) is 4.07. The monoisotopic (exact) mass is 215 g/mol. The van der Waals surface area contributed by atoms with Gasteiger partial charge in [-0.2, -0.15) is 0 Å². The predicted octanol–water partition coefficient (Wildman–Crippen LogP) is 0.954. The molecule has 0 aliphatic heterocycles. The summed E-state index contributed by atoms with van der Waals surface area (Å²) in [5.41, 5.74) is 0. The number of hydrogen-bond donors (Lipinski definition) is 1. The molecular weight excluding hydrogens is 194 g/mol. The molecular formula is C11H21NO3. The molecule has 0 amide bonds. The molecule has 4 nitrogen and oxygen atoms in total. The zero-order chi connectivity index (χ0) is 11.1. The highest BCUT2D eigenvalue weighted by Gasteiger charge is 2.20. The first-order chi connectivity index (χ1) is 7.24. The van der Waals surface area contributed by atoms with Crippen LogP contribution in [0.1, 0.15) is 26.2 Å². The molecule has 0 aromatic heterocycles. The van der Waals surface area contributed by atoms with Crippen molar-refractivity contribution in [1.29, 1.82) is 0 Å². The smallest absolute Gasteiger partial charge is 0.322 e. The molecule has 0 bridgehead atoms. The number of hydrogen-bond acceptors (Lipinski definition) is 4. The lowest BCUT2D eigenvalue weighted by molar-refractivity contribution is -0.142. The van der Waals surface area contributed by atoms with E-state index in [1.54, 1.807) is 6.92 Å². The van der Waals surface area contributed by atoms with E-state index in [0.29, 0.717) is 0 Å². The molecule has 4 heteroatoms. The maximum absolute atomic E-state index is 11.0. The normalized spacial score (nSPS) is 17.5. The van der Waals surface area contributed by atoms with E-state index in [4.69, 9.17) is 4.74 Å². The highest BCUT2D eigenvalue weighted by atomic mass is 16.5. The lowest BCUT2D eigenvalue weighted by Crippen LogP contribution is -2.35. The first-order valence-electron chi connectivity index (χ1n) is 5.63. The Hall–Kier alpha value is -0.610. The van der Waals surface area contributed by atoms with Crippen LogP contribution in [0.15, 0.2) is 0 Å². The Morgan fingerprint density at radius 1 is 1.53 bits per heavy atom. The van der Waals surface area contributed by atoms with Crippen LogP contribution in [0.5, 0.6) is 0 Å². The molecule has 0 saturated heterocycles. The Morgan fingerprint density at radius 3 is 2.87 bits per heavy atom. The van der Waals surface area contributed by atoms with Gasteiger partial charge in [-0.3, -0.25) is 4.79 Å². The third-order valence-corrected chi connectivity index (χ3v) is 2.52. The Morgan fingerprint density at radius 2 is 2.27 bits per heavy atom. The van der Waals surface area contributed by atoms with E-state index >= 15 is 0 Å². The van der Waals surface area contributed by atoms with Gasteiger partial charge in [0.05, 0.1) is 7.11 Å². The Balaban J connectivity index is 1.84. The van der Waals surface area contributed by atoms with Crippen molar-refractivity contribution in [3.8, 4) is 0 Å². The summed E-state index contributed by atoms with van der Waals surface area (Å²) in [7, 11) is 1.40. The fourth-order valence-corrected chi connectivity index (χ4v) is 1.29. The van der Waals surface area contributed by atoms with Crippen LogP contribution in [0.2, 0.25) is 0 Å². The SMILES string of the molecule is COC(=O)C(C)NCCCOCC1CC1. The number of carbonyl (C=O) groups excluding carboxylic acids is 1. The van der Waals surface area contributed by atoms with Crippen molar-refractivity contribution in [2.24, 2.45) is 5.92 Å². The molecule has 1 N–H and O–H groups in total. The zero-order valence-corrected chi connectivity index (χ0v) is 9.62. The standard InChI is InChI=1S/C11H21NO3/c1-9(11(13)14-2)12-6-3-7-15-8-10-4-5-10/h9-10,12H,3-8H2,1-2H3. The summed E-state index contributed by atoms with van der Waals surface area (Å²) in [6.07, 6.45) is 3.60. The lowest BCUT2D eigenvalue weighted by Gasteiger charge is -2.11. The number of esters is 1. The van der Waals surface area contributed by atoms with E-state index in [9.17, 15) is 4.79 Å². The third kappa shape index (κ3) is 5.74. The van der Waals surface area contributed by atoms with Gasteiger partial charge in [0.2, 0.25) is 0 Å². The van der Waals surface area contributed by atoms with Crippen molar-refractivity contribution < 1.29 is 14.3 Å². The van der Waals surface area contributed by atoms with E-state index in [1.165, 1.54) is 20.0 Å². The summed E-state index contributed by atoms with van der Waals surface area (Å²) in [4.78, 5) is 11.0. The van der Waals surface area contributed by atoms with Gasteiger partial charge < -0.3 is 14.8 Å². The van der Waals surface area contributed by atoms with Crippen molar-refractivity contribution >= 4 is 5.97 Å². The topological polar surface area (TPSA) is 47.6 Å². The van der Waals surface area contributed by atoms with Gasteiger partial charge in [0.25, 0.3) is 0 Å². The molecule has 15 heavy (non-hydrogen) atoms. The molecule has 0 aromatic carbocycles. The maximum Gasteiger partial charge on any atom is 0.322 e. The molecule has 0 aromatic rings. The summed E-state index contributed by atoms with van der Waals surface area (Å²) in [5, 5.41) is 3.08. The van der Waals surface area contributed by atoms with E-state index in [1.807, 2.05) is 0 Å². The van der Waals surface area contributed by atoms with E-state index in [-0.39, 0.29) is 12.0 Å². The summed E-state index contributed by atoms with van der Waals surface area (Å²) in [6, 6.07) is -0.224. The quantitative estimate of drug-likeness (QED) is 0.484. The molecule has 1 aliphatic carbocycles. The van der Waals surface area contributed by atoms with Gasteiger partial charge in [-0.25, -0.2) is 0 Å². The number of nitrogens with one attached hydrogen (secondary N) is 1.